The molecule has 0 saturated carbocycles. The second kappa shape index (κ2) is 6.48. The van der Waals surface area contributed by atoms with E-state index in [0.717, 1.165) is 34.1 Å². The molecular weight excluding hydrogens is 286 g/mol. The summed E-state index contributed by atoms with van der Waals surface area (Å²) in [6, 6.07) is 17.9. The molecule has 0 fully saturated rings. The summed E-state index contributed by atoms with van der Waals surface area (Å²) in [7, 11) is 3.64. The normalized spacial score (nSPS) is 11.5. The molecule has 0 amide bonds. The van der Waals surface area contributed by atoms with E-state index in [4.69, 9.17) is 9.73 Å². The molecule has 0 aliphatic heterocycles. The van der Waals surface area contributed by atoms with E-state index in [1.54, 1.807) is 7.11 Å². The minimum absolute atomic E-state index is 0.751. The zero-order valence-corrected chi connectivity index (χ0v) is 13.5. The third-order valence-electron chi connectivity index (χ3n) is 3.71. The van der Waals surface area contributed by atoms with Crippen LogP contribution in [0.3, 0.4) is 0 Å². The number of hydrogen-bond acceptors (Lipinski definition) is 3. The van der Waals surface area contributed by atoms with Crippen LogP contribution in [-0.2, 0) is 7.05 Å². The summed E-state index contributed by atoms with van der Waals surface area (Å²) in [4.78, 5) is 9.29. The molecule has 0 unspecified atom stereocenters. The van der Waals surface area contributed by atoms with Gasteiger partial charge in [0.15, 0.2) is 0 Å². The first-order valence-electron chi connectivity index (χ1n) is 7.46. The van der Waals surface area contributed by atoms with Crippen molar-refractivity contribution in [2.75, 3.05) is 7.11 Å². The summed E-state index contributed by atoms with van der Waals surface area (Å²) in [6.45, 7) is 2.00. The van der Waals surface area contributed by atoms with Gasteiger partial charge in [0.2, 0.25) is 0 Å². The van der Waals surface area contributed by atoms with Gasteiger partial charge in [-0.1, -0.05) is 42.5 Å². The predicted octanol–water partition coefficient (Wildman–Crippen LogP) is 3.91. The maximum atomic E-state index is 5.43. The molecule has 23 heavy (non-hydrogen) atoms. The fourth-order valence-corrected chi connectivity index (χ4v) is 2.58. The maximum absolute atomic E-state index is 5.43. The lowest BCUT2D eigenvalue weighted by molar-refractivity contribution is 0.416. The Balaban J connectivity index is 2.23. The Morgan fingerprint density at radius 1 is 1.04 bits per heavy atom. The standard InChI is InChI=1S/C19H19N3O/c1-14-19(22(2)13-20-14)18(15-9-5-4-6-10-15)21-16-11-7-8-12-17(16)23-3/h4-13H,1-3H3. The molecule has 1 heterocycles. The largest absolute Gasteiger partial charge is 0.494 e. The Hall–Kier alpha value is -2.88. The Morgan fingerprint density at radius 2 is 1.74 bits per heavy atom. The van der Waals surface area contributed by atoms with Crippen molar-refractivity contribution in [3.63, 3.8) is 0 Å². The van der Waals surface area contributed by atoms with Crippen LogP contribution in [0.15, 0.2) is 65.9 Å². The zero-order valence-electron chi connectivity index (χ0n) is 13.5. The number of aryl methyl sites for hydroxylation is 2. The molecule has 4 heteroatoms. The highest BCUT2D eigenvalue weighted by Gasteiger charge is 2.15. The maximum Gasteiger partial charge on any atom is 0.144 e. The first kappa shape index (κ1) is 15.0. The molecular formula is C19H19N3O. The molecule has 0 atom stereocenters. The van der Waals surface area contributed by atoms with Crippen molar-refractivity contribution in [3.8, 4) is 5.75 Å². The Labute approximate surface area is 136 Å². The van der Waals surface area contributed by atoms with Crippen LogP contribution in [0.5, 0.6) is 5.75 Å². The topological polar surface area (TPSA) is 39.4 Å². The molecule has 116 valence electrons. The molecule has 0 spiro atoms. The van der Waals surface area contributed by atoms with Crippen LogP contribution in [0.1, 0.15) is 17.0 Å². The zero-order chi connectivity index (χ0) is 16.2. The van der Waals surface area contributed by atoms with Gasteiger partial charge in [-0.2, -0.15) is 0 Å². The minimum atomic E-state index is 0.751. The van der Waals surface area contributed by atoms with Gasteiger partial charge in [-0.05, 0) is 19.1 Å². The van der Waals surface area contributed by atoms with Gasteiger partial charge in [-0.3, -0.25) is 0 Å². The summed E-state index contributed by atoms with van der Waals surface area (Å²) in [5.74, 6) is 0.751. The molecule has 0 aliphatic carbocycles. The molecule has 2 aromatic carbocycles. The number of aromatic nitrogens is 2. The molecule has 4 nitrogen and oxygen atoms in total. The summed E-state index contributed by atoms with van der Waals surface area (Å²) in [5.41, 5.74) is 4.68. The van der Waals surface area contributed by atoms with E-state index >= 15 is 0 Å². The third kappa shape index (κ3) is 3.01. The summed E-state index contributed by atoms with van der Waals surface area (Å²) < 4.78 is 7.43. The van der Waals surface area contributed by atoms with E-state index in [2.05, 4.69) is 17.1 Å². The van der Waals surface area contributed by atoms with Crippen LogP contribution in [0, 0.1) is 6.92 Å². The molecule has 1 aromatic heterocycles. The SMILES string of the molecule is COc1ccccc1N=C(c1ccccc1)c1c(C)ncn1C. The summed E-state index contributed by atoms with van der Waals surface area (Å²) >= 11 is 0. The fraction of sp³-hybridized carbons (Fsp3) is 0.158. The number of para-hydroxylation sites is 2. The highest BCUT2D eigenvalue weighted by Crippen LogP contribution is 2.28. The van der Waals surface area contributed by atoms with Crippen molar-refractivity contribution < 1.29 is 4.74 Å². The fourth-order valence-electron chi connectivity index (χ4n) is 2.58. The lowest BCUT2D eigenvalue weighted by atomic mass is 10.1. The van der Waals surface area contributed by atoms with Crippen molar-refractivity contribution in [2.45, 2.75) is 6.92 Å². The Kier molecular flexibility index (Phi) is 4.24. The van der Waals surface area contributed by atoms with Gasteiger partial charge in [0.1, 0.15) is 11.4 Å². The number of methoxy groups -OCH3 is 1. The van der Waals surface area contributed by atoms with E-state index in [9.17, 15) is 0 Å². The molecule has 0 N–H and O–H groups in total. The lowest BCUT2D eigenvalue weighted by Crippen LogP contribution is -2.10. The van der Waals surface area contributed by atoms with Crippen LogP contribution in [0.25, 0.3) is 0 Å². The van der Waals surface area contributed by atoms with Gasteiger partial charge in [0.05, 0.1) is 30.5 Å². The molecule has 3 aromatic rings. The van der Waals surface area contributed by atoms with E-state index in [-0.39, 0.29) is 0 Å². The van der Waals surface area contributed by atoms with E-state index in [0.29, 0.717) is 0 Å². The molecule has 3 rings (SSSR count). The number of rotatable bonds is 4. The van der Waals surface area contributed by atoms with Crippen molar-refractivity contribution in [2.24, 2.45) is 12.0 Å². The van der Waals surface area contributed by atoms with Crippen molar-refractivity contribution in [1.82, 2.24) is 9.55 Å². The summed E-state index contributed by atoms with van der Waals surface area (Å²) in [6.07, 6.45) is 1.81. The van der Waals surface area contributed by atoms with Crippen LogP contribution in [0.2, 0.25) is 0 Å². The van der Waals surface area contributed by atoms with Gasteiger partial charge in [0, 0.05) is 12.6 Å². The second-order valence-corrected chi connectivity index (χ2v) is 5.29. The van der Waals surface area contributed by atoms with Crippen LogP contribution >= 0.6 is 0 Å². The van der Waals surface area contributed by atoms with Gasteiger partial charge in [0.25, 0.3) is 0 Å². The van der Waals surface area contributed by atoms with E-state index in [1.165, 1.54) is 0 Å². The van der Waals surface area contributed by atoms with E-state index < -0.39 is 0 Å². The van der Waals surface area contributed by atoms with Crippen LogP contribution < -0.4 is 4.74 Å². The quantitative estimate of drug-likeness (QED) is 0.686. The summed E-state index contributed by atoms with van der Waals surface area (Å²) in [5, 5.41) is 0. The number of ether oxygens (including phenoxy) is 1. The van der Waals surface area contributed by atoms with Crippen LogP contribution in [-0.4, -0.2) is 22.4 Å². The third-order valence-corrected chi connectivity index (χ3v) is 3.71. The van der Waals surface area contributed by atoms with Crippen LogP contribution in [0.4, 0.5) is 5.69 Å². The molecule has 0 aliphatic rings. The van der Waals surface area contributed by atoms with Gasteiger partial charge in [-0.15, -0.1) is 0 Å². The van der Waals surface area contributed by atoms with Crippen molar-refractivity contribution >= 4 is 11.4 Å². The Bertz CT molecular complexity index is 815. The highest BCUT2D eigenvalue weighted by molar-refractivity contribution is 6.13. The predicted molar refractivity (Wildman–Crippen MR) is 92.7 cm³/mol. The van der Waals surface area contributed by atoms with E-state index in [1.807, 2.05) is 67.3 Å². The Morgan fingerprint density at radius 3 is 2.39 bits per heavy atom. The number of nitrogens with zero attached hydrogens (tertiary/aromatic N) is 3. The molecule has 0 bridgehead atoms. The van der Waals surface area contributed by atoms with Crippen molar-refractivity contribution in [3.05, 3.63) is 77.9 Å². The first-order valence-corrected chi connectivity index (χ1v) is 7.46. The average Bonchev–Trinajstić information content (AvgIpc) is 2.92. The first-order chi connectivity index (χ1) is 11.2. The number of benzene rings is 2. The minimum Gasteiger partial charge on any atom is -0.494 e. The molecule has 0 radical (unpaired) electrons. The second-order valence-electron chi connectivity index (χ2n) is 5.29. The number of imidazole rings is 1. The highest BCUT2D eigenvalue weighted by atomic mass is 16.5. The monoisotopic (exact) mass is 305 g/mol. The van der Waals surface area contributed by atoms with Crippen molar-refractivity contribution in [1.29, 1.82) is 0 Å². The van der Waals surface area contributed by atoms with Gasteiger partial charge >= 0.3 is 0 Å². The number of hydrogen-bond donors (Lipinski definition) is 0. The number of aliphatic imine (C=N–C) groups is 1. The van der Waals surface area contributed by atoms with Gasteiger partial charge < -0.3 is 9.30 Å². The lowest BCUT2D eigenvalue weighted by Gasteiger charge is -2.11. The average molecular weight is 305 g/mol. The molecule has 0 saturated heterocycles. The smallest absolute Gasteiger partial charge is 0.144 e. The van der Waals surface area contributed by atoms with Gasteiger partial charge in [-0.25, -0.2) is 9.98 Å².